The Morgan fingerprint density at radius 1 is 1.42 bits per heavy atom. The molecule has 6 heteroatoms. The van der Waals surface area contributed by atoms with Gasteiger partial charge < -0.3 is 5.11 Å². The van der Waals surface area contributed by atoms with E-state index in [2.05, 4.69) is 57.4 Å². The Hall–Kier alpha value is -1.85. The van der Waals surface area contributed by atoms with Crippen molar-refractivity contribution >= 4 is 17.2 Å². The van der Waals surface area contributed by atoms with Gasteiger partial charge in [-0.15, -0.1) is 0 Å². The van der Waals surface area contributed by atoms with Crippen molar-refractivity contribution in [2.24, 2.45) is 0 Å². The minimum absolute atomic E-state index is 0.0260. The van der Waals surface area contributed by atoms with E-state index in [-0.39, 0.29) is 5.56 Å². The van der Waals surface area contributed by atoms with E-state index in [1.165, 1.54) is 16.5 Å². The van der Waals surface area contributed by atoms with Crippen LogP contribution in [0, 0.1) is 6.92 Å². The molecule has 0 atom stereocenters. The van der Waals surface area contributed by atoms with Crippen LogP contribution in [0.3, 0.4) is 0 Å². The first-order valence-corrected chi connectivity index (χ1v) is 8.96. The number of nitrogens with one attached hydrogen (secondary N) is 1. The molecule has 2 aromatic rings. The summed E-state index contributed by atoms with van der Waals surface area (Å²) in [5.74, 6) is 0.372. The van der Waals surface area contributed by atoms with Crippen molar-refractivity contribution in [3.63, 3.8) is 0 Å². The lowest BCUT2D eigenvalue weighted by Crippen LogP contribution is -2.17. The smallest absolute Gasteiger partial charge is 0.275 e. The number of aromatic amines is 1. The first kappa shape index (κ1) is 26.4. The summed E-state index contributed by atoms with van der Waals surface area (Å²) in [7, 11) is 1.00. The number of nitrogens with zero attached hydrogens (tertiary/aromatic N) is 2. The van der Waals surface area contributed by atoms with Gasteiger partial charge in [-0.3, -0.25) is 9.89 Å². The molecule has 148 valence electrons. The molecular formula is C20H34ClN3O2. The lowest BCUT2D eigenvalue weighted by atomic mass is 10.1. The maximum absolute atomic E-state index is 11.7. The lowest BCUT2D eigenvalue weighted by Gasteiger charge is -1.97. The van der Waals surface area contributed by atoms with Gasteiger partial charge in [-0.1, -0.05) is 50.6 Å². The van der Waals surface area contributed by atoms with Gasteiger partial charge in [-0.2, -0.15) is 0 Å². The Balaban J connectivity index is 0. The van der Waals surface area contributed by atoms with E-state index in [9.17, 15) is 4.79 Å². The number of halogens is 1. The van der Waals surface area contributed by atoms with Crippen molar-refractivity contribution in [3.05, 3.63) is 57.1 Å². The molecule has 0 aliphatic heterocycles. The van der Waals surface area contributed by atoms with Crippen LogP contribution < -0.4 is 5.56 Å². The highest BCUT2D eigenvalue weighted by Crippen LogP contribution is 2.12. The Bertz CT molecular complexity index is 739. The molecule has 0 amide bonds. The van der Waals surface area contributed by atoms with Crippen LogP contribution in [0.25, 0.3) is 5.65 Å². The van der Waals surface area contributed by atoms with Gasteiger partial charge in [0.15, 0.2) is 5.65 Å². The van der Waals surface area contributed by atoms with Gasteiger partial charge in [-0.05, 0) is 40.0 Å². The molecule has 2 heterocycles. The van der Waals surface area contributed by atoms with Crippen molar-refractivity contribution in [2.75, 3.05) is 7.11 Å². The summed E-state index contributed by atoms with van der Waals surface area (Å²) >= 11 is 5.08. The van der Waals surface area contributed by atoms with Crippen molar-refractivity contribution in [3.8, 4) is 0 Å². The molecule has 0 aliphatic rings. The molecule has 0 unspecified atom stereocenters. The van der Waals surface area contributed by atoms with Gasteiger partial charge in [0.2, 0.25) is 0 Å². The Kier molecular flexibility index (Phi) is 14.5. The number of rotatable bonds is 2. The Morgan fingerprint density at radius 3 is 2.27 bits per heavy atom. The topological polar surface area (TPSA) is 70.4 Å². The Labute approximate surface area is 162 Å². The summed E-state index contributed by atoms with van der Waals surface area (Å²) in [6.07, 6.45) is 4.94. The molecule has 0 aliphatic carbocycles. The van der Waals surface area contributed by atoms with Crippen LogP contribution in [0.4, 0.5) is 0 Å². The quantitative estimate of drug-likeness (QED) is 0.701. The van der Waals surface area contributed by atoms with E-state index < -0.39 is 0 Å². The van der Waals surface area contributed by atoms with Crippen LogP contribution in [0.15, 0.2) is 40.3 Å². The predicted octanol–water partition coefficient (Wildman–Crippen LogP) is 5.18. The number of aliphatic hydroxyl groups is 1. The molecule has 2 aromatic heterocycles. The summed E-state index contributed by atoms with van der Waals surface area (Å²) in [6.45, 7) is 17.3. The third-order valence-electron chi connectivity index (χ3n) is 3.36. The number of H-pyrrole nitrogens is 1. The first-order valence-electron chi connectivity index (χ1n) is 8.58. The predicted molar refractivity (Wildman–Crippen MR) is 113 cm³/mol. The molecule has 26 heavy (non-hydrogen) atoms. The largest absolute Gasteiger partial charge is 0.400 e. The molecule has 0 spiro atoms. The number of aliphatic hydroxyl groups excluding tert-OH is 1. The highest BCUT2D eigenvalue weighted by Gasteiger charge is 2.07. The third kappa shape index (κ3) is 10.2. The van der Waals surface area contributed by atoms with Crippen molar-refractivity contribution in [2.45, 2.75) is 60.8 Å². The molecule has 0 radical (unpaired) electrons. The highest BCUT2D eigenvalue weighted by molar-refractivity contribution is 6.28. The SMILES string of the molecule is C/C=C(\C)CC.C=C(C)Cl.CO.Cc1cnc2cc(C(C)C)[nH]n2c1=O. The van der Waals surface area contributed by atoms with Crippen molar-refractivity contribution in [1.29, 1.82) is 0 Å². The van der Waals surface area contributed by atoms with Crippen LogP contribution in [-0.2, 0) is 0 Å². The van der Waals surface area contributed by atoms with Gasteiger partial charge in [0.1, 0.15) is 0 Å². The highest BCUT2D eigenvalue weighted by atomic mass is 35.5. The van der Waals surface area contributed by atoms with Gasteiger partial charge >= 0.3 is 0 Å². The van der Waals surface area contributed by atoms with E-state index >= 15 is 0 Å². The van der Waals surface area contributed by atoms with Crippen LogP contribution in [-0.4, -0.2) is 26.8 Å². The molecule has 5 nitrogen and oxygen atoms in total. The number of hydrogen-bond donors (Lipinski definition) is 2. The maximum Gasteiger partial charge on any atom is 0.275 e. The molecule has 0 saturated carbocycles. The zero-order chi connectivity index (χ0) is 20.9. The molecule has 0 fully saturated rings. The minimum Gasteiger partial charge on any atom is -0.400 e. The van der Waals surface area contributed by atoms with Crippen LogP contribution in [0.1, 0.15) is 65.1 Å². The number of aryl methyl sites for hydroxylation is 1. The van der Waals surface area contributed by atoms with Crippen LogP contribution in [0.2, 0.25) is 0 Å². The fourth-order valence-electron chi connectivity index (χ4n) is 1.57. The lowest BCUT2D eigenvalue weighted by molar-refractivity contribution is 0.399. The molecule has 0 bridgehead atoms. The zero-order valence-corrected chi connectivity index (χ0v) is 18.1. The molecule has 2 rings (SSSR count). The first-order chi connectivity index (χ1) is 12.1. The molecular weight excluding hydrogens is 350 g/mol. The second-order valence-corrected chi connectivity index (χ2v) is 6.62. The monoisotopic (exact) mass is 383 g/mol. The third-order valence-corrected chi connectivity index (χ3v) is 3.36. The zero-order valence-electron chi connectivity index (χ0n) is 17.4. The minimum atomic E-state index is -0.0260. The van der Waals surface area contributed by atoms with Crippen molar-refractivity contribution in [1.82, 2.24) is 14.6 Å². The summed E-state index contributed by atoms with van der Waals surface area (Å²) in [4.78, 5) is 15.8. The van der Waals surface area contributed by atoms with Gasteiger partial charge in [0, 0.05) is 35.7 Å². The standard InChI is InChI=1S/C10H13N3O.C6H12.C3H5Cl.CH4O/c1-6(2)8-4-9-11-5-7(3)10(14)13(9)12-8;1-4-6(3)5-2;1-3(2)4;1-2/h4-6,12H,1-3H3;4H,5H2,1-3H3;1H2,2H3;2H,1H3/b;6-4+;;. The maximum atomic E-state index is 11.7. The fraction of sp³-hybridized carbons (Fsp3) is 0.500. The number of aromatic nitrogens is 3. The van der Waals surface area contributed by atoms with Crippen molar-refractivity contribution < 1.29 is 5.11 Å². The summed E-state index contributed by atoms with van der Waals surface area (Å²) in [5.41, 5.74) is 3.81. The number of fused-ring (bicyclic) bond motifs is 1. The van der Waals surface area contributed by atoms with Crippen LogP contribution >= 0.6 is 11.6 Å². The average molecular weight is 384 g/mol. The summed E-state index contributed by atoms with van der Waals surface area (Å²) in [5, 5.41) is 10.7. The van der Waals surface area contributed by atoms with E-state index in [4.69, 9.17) is 16.7 Å². The van der Waals surface area contributed by atoms with Crippen LogP contribution in [0.5, 0.6) is 0 Å². The second kappa shape index (κ2) is 14.3. The fourth-order valence-corrected chi connectivity index (χ4v) is 1.57. The molecule has 0 saturated heterocycles. The van der Waals surface area contributed by atoms with E-state index in [0.29, 0.717) is 22.2 Å². The van der Waals surface area contributed by atoms with Gasteiger partial charge in [0.25, 0.3) is 5.56 Å². The number of allylic oxidation sites excluding steroid dienone is 3. The second-order valence-electron chi connectivity index (χ2n) is 5.97. The number of hydrogen-bond acceptors (Lipinski definition) is 3. The van der Waals surface area contributed by atoms with E-state index in [1.54, 1.807) is 20.0 Å². The van der Waals surface area contributed by atoms with Gasteiger partial charge in [-0.25, -0.2) is 9.50 Å². The average Bonchev–Trinajstić information content (AvgIpc) is 3.05. The summed E-state index contributed by atoms with van der Waals surface area (Å²) in [6, 6.07) is 1.91. The molecule has 2 N–H and O–H groups in total. The Morgan fingerprint density at radius 2 is 1.92 bits per heavy atom. The van der Waals surface area contributed by atoms with E-state index in [1.807, 2.05) is 6.07 Å². The van der Waals surface area contributed by atoms with E-state index in [0.717, 1.165) is 12.8 Å². The molecule has 0 aromatic carbocycles. The normalized spacial score (nSPS) is 10.2. The summed E-state index contributed by atoms with van der Waals surface area (Å²) < 4.78 is 1.49. The van der Waals surface area contributed by atoms with Gasteiger partial charge in [0.05, 0.1) is 0 Å².